The van der Waals surface area contributed by atoms with E-state index in [-0.39, 0.29) is 11.8 Å². The number of hydrazone groups is 1. The molecule has 0 aliphatic carbocycles. The van der Waals surface area contributed by atoms with Crippen molar-refractivity contribution in [3.63, 3.8) is 0 Å². The zero-order valence-corrected chi connectivity index (χ0v) is 18.2. The zero-order chi connectivity index (χ0) is 20.4. The minimum atomic E-state index is -0.172. The highest BCUT2D eigenvalue weighted by Crippen LogP contribution is 2.39. The first-order valence-corrected chi connectivity index (χ1v) is 10.6. The molecule has 9 heteroatoms. The van der Waals surface area contributed by atoms with Crippen LogP contribution < -0.4 is 5.01 Å². The van der Waals surface area contributed by atoms with Crippen molar-refractivity contribution < 1.29 is 9.59 Å². The Bertz CT molecular complexity index is 971. The molecule has 1 aliphatic heterocycles. The Balaban J connectivity index is 2.12. The molecule has 3 rings (SSSR count). The maximum absolute atomic E-state index is 12.7. The second kappa shape index (κ2) is 8.68. The molecule has 1 aliphatic rings. The molecule has 0 saturated heterocycles. The van der Waals surface area contributed by atoms with Crippen LogP contribution in [-0.4, -0.2) is 26.4 Å². The molecule has 0 spiro atoms. The third kappa shape index (κ3) is 3.97. The van der Waals surface area contributed by atoms with Crippen LogP contribution in [0.1, 0.15) is 55.7 Å². The van der Waals surface area contributed by atoms with E-state index in [0.717, 1.165) is 6.42 Å². The van der Waals surface area contributed by atoms with Gasteiger partial charge in [0.15, 0.2) is 5.82 Å². The Morgan fingerprint density at radius 2 is 1.75 bits per heavy atom. The van der Waals surface area contributed by atoms with Gasteiger partial charge in [0, 0.05) is 18.4 Å². The second-order valence-corrected chi connectivity index (χ2v) is 8.15. The Hall–Kier alpha value is -1.83. The van der Waals surface area contributed by atoms with Crippen LogP contribution in [0, 0.1) is 6.92 Å². The van der Waals surface area contributed by atoms with Crippen molar-refractivity contribution in [3.8, 4) is 0 Å². The van der Waals surface area contributed by atoms with E-state index >= 15 is 0 Å². The lowest BCUT2D eigenvalue weighted by Crippen LogP contribution is -2.30. The number of halogens is 2. The summed E-state index contributed by atoms with van der Waals surface area (Å²) in [5, 5.41) is 7.80. The summed E-state index contributed by atoms with van der Waals surface area (Å²) in [4.78, 5) is 29.8. The van der Waals surface area contributed by atoms with Crippen LogP contribution in [0.3, 0.4) is 0 Å². The van der Waals surface area contributed by atoms with Crippen molar-refractivity contribution in [2.45, 2.75) is 51.5 Å². The van der Waals surface area contributed by atoms with Crippen LogP contribution in [0.5, 0.6) is 0 Å². The number of aryl methyl sites for hydroxylation is 1. The number of carbonyl (C=O) groups is 2. The van der Waals surface area contributed by atoms with Gasteiger partial charge in [0.05, 0.1) is 10.0 Å². The normalized spacial score (nSPS) is 13.3. The fourth-order valence-corrected chi connectivity index (χ4v) is 4.23. The zero-order valence-electron chi connectivity index (χ0n) is 15.8. The number of hydrogen-bond donors (Lipinski definition) is 0. The number of fused-ring (bicyclic) bond motifs is 1. The molecule has 2 heterocycles. The van der Waals surface area contributed by atoms with Crippen LogP contribution >= 0.6 is 35.0 Å². The molecule has 148 valence electrons. The number of benzene rings is 1. The highest BCUT2D eigenvalue weighted by Gasteiger charge is 2.32. The van der Waals surface area contributed by atoms with Gasteiger partial charge in [-0.05, 0) is 43.7 Å². The topological polar surface area (TPSA) is 67.6 Å². The summed E-state index contributed by atoms with van der Waals surface area (Å²) in [7, 11) is 0. The van der Waals surface area contributed by atoms with Gasteiger partial charge in [0.1, 0.15) is 15.9 Å². The molecule has 0 atom stereocenters. The molecule has 0 unspecified atom stereocenters. The monoisotopic (exact) mass is 438 g/mol. The van der Waals surface area contributed by atoms with Gasteiger partial charge in [0.25, 0.3) is 0 Å². The van der Waals surface area contributed by atoms with Crippen LogP contribution in [0.4, 0.5) is 5.82 Å². The summed E-state index contributed by atoms with van der Waals surface area (Å²) < 4.78 is 1.57. The predicted octanol–water partition coefficient (Wildman–Crippen LogP) is 5.54. The van der Waals surface area contributed by atoms with Crippen LogP contribution in [-0.2, 0) is 4.79 Å². The number of rotatable bonds is 5. The van der Waals surface area contributed by atoms with Gasteiger partial charge < -0.3 is 0 Å². The van der Waals surface area contributed by atoms with Crippen molar-refractivity contribution in [1.29, 1.82) is 0 Å². The summed E-state index contributed by atoms with van der Waals surface area (Å²) in [6, 6.07) is 5.17. The van der Waals surface area contributed by atoms with Gasteiger partial charge in [0.2, 0.25) is 11.8 Å². The van der Waals surface area contributed by atoms with E-state index in [2.05, 4.69) is 10.1 Å². The van der Waals surface area contributed by atoms with E-state index in [1.807, 2.05) is 13.8 Å². The molecular weight excluding hydrogens is 419 g/mol. The summed E-state index contributed by atoms with van der Waals surface area (Å²) in [5.41, 5.74) is 0.715. The largest absolute Gasteiger partial charge is 0.274 e. The lowest BCUT2D eigenvalue weighted by atomic mass is 10.2. The number of thioether (sulfide) groups is 1. The first-order valence-electron chi connectivity index (χ1n) is 9.04. The molecule has 1 aromatic carbocycles. The number of nitrogens with zero attached hydrogens (tertiary/aromatic N) is 4. The van der Waals surface area contributed by atoms with Crippen molar-refractivity contribution in [3.05, 3.63) is 39.6 Å². The lowest BCUT2D eigenvalue weighted by Gasteiger charge is -2.23. The second-order valence-electron chi connectivity index (χ2n) is 6.36. The average molecular weight is 439 g/mol. The Morgan fingerprint density at radius 3 is 2.39 bits per heavy atom. The quantitative estimate of drug-likeness (QED) is 0.614. The minimum absolute atomic E-state index is 0.0560. The van der Waals surface area contributed by atoms with E-state index in [1.54, 1.807) is 29.7 Å². The van der Waals surface area contributed by atoms with E-state index < -0.39 is 0 Å². The van der Waals surface area contributed by atoms with Crippen molar-refractivity contribution >= 4 is 57.6 Å². The SMILES string of the molecule is CCCC(=O)N1N=C(c2ccc(Cl)c(Cl)c2)Sc2c1nc(C)n2C(=O)CCC. The standard InChI is InChI=1S/C19H20Cl2N4O2S/c1-4-6-15(26)24-11(3)22-17-19(24)28-18(23-25(17)16(27)7-5-2)12-8-9-13(20)14(21)10-12/h8-10H,4-7H2,1-3H3. The summed E-state index contributed by atoms with van der Waals surface area (Å²) in [6.07, 6.45) is 2.13. The molecule has 6 nitrogen and oxygen atoms in total. The van der Waals surface area contributed by atoms with Crippen LogP contribution in [0.2, 0.25) is 10.0 Å². The number of imidazole rings is 1. The third-order valence-corrected chi connectivity index (χ3v) is 5.96. The van der Waals surface area contributed by atoms with Gasteiger partial charge in [-0.3, -0.25) is 14.2 Å². The third-order valence-electron chi connectivity index (χ3n) is 4.15. The molecule has 28 heavy (non-hydrogen) atoms. The average Bonchev–Trinajstić information content (AvgIpc) is 2.99. The number of hydrogen-bond acceptors (Lipinski definition) is 5. The maximum atomic E-state index is 12.7. The molecule has 2 aromatic rings. The Kier molecular flexibility index (Phi) is 6.47. The Morgan fingerprint density at radius 1 is 1.07 bits per heavy atom. The maximum Gasteiger partial charge on any atom is 0.248 e. The Labute approximate surface area is 177 Å². The van der Waals surface area contributed by atoms with E-state index in [0.29, 0.717) is 56.6 Å². The number of amides is 1. The fourth-order valence-electron chi connectivity index (χ4n) is 2.84. The minimum Gasteiger partial charge on any atom is -0.274 e. The van der Waals surface area contributed by atoms with E-state index in [4.69, 9.17) is 23.2 Å². The molecule has 0 N–H and O–H groups in total. The molecule has 1 amide bonds. The number of anilines is 1. The van der Waals surface area contributed by atoms with Crippen molar-refractivity contribution in [1.82, 2.24) is 9.55 Å². The fraction of sp³-hybridized carbons (Fsp3) is 0.368. The highest BCUT2D eigenvalue weighted by atomic mass is 35.5. The van der Waals surface area contributed by atoms with Crippen LogP contribution in [0.15, 0.2) is 28.3 Å². The molecule has 0 fully saturated rings. The first kappa shape index (κ1) is 20.9. The molecule has 0 saturated carbocycles. The first-order chi connectivity index (χ1) is 13.4. The summed E-state index contributed by atoms with van der Waals surface area (Å²) in [6.45, 7) is 5.63. The summed E-state index contributed by atoms with van der Waals surface area (Å²) in [5.74, 6) is 0.707. The van der Waals surface area contributed by atoms with Gasteiger partial charge in [-0.15, -0.1) is 0 Å². The molecule has 0 radical (unpaired) electrons. The number of aromatic nitrogens is 2. The smallest absolute Gasteiger partial charge is 0.248 e. The summed E-state index contributed by atoms with van der Waals surface area (Å²) >= 11 is 13.5. The van der Waals surface area contributed by atoms with Gasteiger partial charge in [-0.2, -0.15) is 10.1 Å². The van der Waals surface area contributed by atoms with Gasteiger partial charge in [-0.1, -0.05) is 43.1 Å². The van der Waals surface area contributed by atoms with Crippen molar-refractivity contribution in [2.24, 2.45) is 5.10 Å². The molecule has 1 aromatic heterocycles. The van der Waals surface area contributed by atoms with E-state index in [9.17, 15) is 9.59 Å². The van der Waals surface area contributed by atoms with E-state index in [1.165, 1.54) is 16.8 Å². The highest BCUT2D eigenvalue weighted by molar-refractivity contribution is 8.14. The van der Waals surface area contributed by atoms with Crippen LogP contribution in [0.25, 0.3) is 0 Å². The molecular formula is C19H20Cl2N4O2S. The van der Waals surface area contributed by atoms with Gasteiger partial charge >= 0.3 is 0 Å². The van der Waals surface area contributed by atoms with Gasteiger partial charge in [-0.25, -0.2) is 4.98 Å². The number of carbonyl (C=O) groups excluding carboxylic acids is 2. The molecule has 0 bridgehead atoms. The predicted molar refractivity (Wildman–Crippen MR) is 114 cm³/mol. The lowest BCUT2D eigenvalue weighted by molar-refractivity contribution is -0.118. The van der Waals surface area contributed by atoms with Crippen molar-refractivity contribution in [2.75, 3.05) is 5.01 Å².